The van der Waals surface area contributed by atoms with Gasteiger partial charge < -0.3 is 5.11 Å². The first-order valence-corrected chi connectivity index (χ1v) is 7.85. The number of carboxylic acid groups (broad SMARTS) is 1. The number of carboxylic acids is 1. The summed E-state index contributed by atoms with van der Waals surface area (Å²) in [6.07, 6.45) is 4.91. The Kier molecular flexibility index (Phi) is 4.50. The summed E-state index contributed by atoms with van der Waals surface area (Å²) < 4.78 is 0. The third-order valence-corrected chi connectivity index (χ3v) is 4.93. The molecule has 1 saturated carbocycles. The van der Waals surface area contributed by atoms with E-state index in [9.17, 15) is 19.5 Å². The number of nitrogens with zero attached hydrogens (tertiary/aromatic N) is 1. The van der Waals surface area contributed by atoms with Crippen LogP contribution in [0, 0.1) is 5.41 Å². The van der Waals surface area contributed by atoms with Crippen molar-refractivity contribution in [2.24, 2.45) is 5.41 Å². The molecule has 1 heterocycles. The highest BCUT2D eigenvalue weighted by atomic mass is 32.2. The molecule has 19 heavy (non-hydrogen) atoms. The number of amides is 2. The highest BCUT2D eigenvalue weighted by Gasteiger charge is 2.43. The number of hydrogen-bond acceptors (Lipinski definition) is 4. The van der Waals surface area contributed by atoms with Gasteiger partial charge in [0.15, 0.2) is 0 Å². The minimum absolute atomic E-state index is 0.0561. The predicted molar refractivity (Wildman–Crippen MR) is 71.8 cm³/mol. The molecule has 0 aromatic rings. The minimum atomic E-state index is -0.927. The molecule has 6 heteroatoms. The molecule has 0 radical (unpaired) electrons. The molecule has 0 atom stereocenters. The number of carbonyl (C=O) groups is 3. The Labute approximate surface area is 116 Å². The molecule has 0 aromatic carbocycles. The number of thioether (sulfide) groups is 1. The molecule has 2 fully saturated rings. The van der Waals surface area contributed by atoms with E-state index >= 15 is 0 Å². The van der Waals surface area contributed by atoms with E-state index in [1.807, 2.05) is 0 Å². The van der Waals surface area contributed by atoms with Gasteiger partial charge in [0.05, 0.1) is 16.9 Å². The van der Waals surface area contributed by atoms with Gasteiger partial charge in [0.25, 0.3) is 0 Å². The second-order valence-electron chi connectivity index (χ2n) is 5.37. The maximum atomic E-state index is 11.8. The number of aliphatic carboxylic acids is 1. The van der Waals surface area contributed by atoms with Crippen LogP contribution in [0.3, 0.4) is 0 Å². The average Bonchev–Trinajstić information content (AvgIpc) is 2.60. The van der Waals surface area contributed by atoms with E-state index in [2.05, 4.69) is 0 Å². The molecular formula is C13H19NO4S. The Balaban J connectivity index is 2.17. The SMILES string of the molecule is O=C1CSCC(=O)N1CC1(C(=O)O)CCCCCC1. The Morgan fingerprint density at radius 2 is 1.63 bits per heavy atom. The van der Waals surface area contributed by atoms with Crippen molar-refractivity contribution in [1.29, 1.82) is 0 Å². The molecular weight excluding hydrogens is 266 g/mol. The van der Waals surface area contributed by atoms with Crippen molar-refractivity contribution in [3.05, 3.63) is 0 Å². The summed E-state index contributed by atoms with van der Waals surface area (Å²) in [5.74, 6) is -0.798. The topological polar surface area (TPSA) is 74.7 Å². The first-order chi connectivity index (χ1) is 9.05. The summed E-state index contributed by atoms with van der Waals surface area (Å²) in [5, 5.41) is 9.56. The molecule has 0 bridgehead atoms. The first-order valence-electron chi connectivity index (χ1n) is 6.69. The predicted octanol–water partition coefficient (Wildman–Crippen LogP) is 1.51. The molecule has 1 saturated heterocycles. The highest BCUT2D eigenvalue weighted by molar-refractivity contribution is 8.00. The fourth-order valence-corrected chi connectivity index (χ4v) is 3.61. The summed E-state index contributed by atoms with van der Waals surface area (Å²) in [6.45, 7) is 0.0561. The van der Waals surface area contributed by atoms with E-state index in [0.717, 1.165) is 25.7 Å². The number of hydrogen-bond donors (Lipinski definition) is 1. The van der Waals surface area contributed by atoms with Gasteiger partial charge in [-0.2, -0.15) is 0 Å². The quantitative estimate of drug-likeness (QED) is 0.628. The Bertz CT molecular complexity index is 372. The van der Waals surface area contributed by atoms with Crippen LogP contribution >= 0.6 is 11.8 Å². The van der Waals surface area contributed by atoms with Gasteiger partial charge >= 0.3 is 5.97 Å². The minimum Gasteiger partial charge on any atom is -0.481 e. The van der Waals surface area contributed by atoms with Crippen LogP contribution in [0.15, 0.2) is 0 Å². The lowest BCUT2D eigenvalue weighted by Crippen LogP contribution is -2.51. The van der Waals surface area contributed by atoms with Gasteiger partial charge in [0, 0.05) is 6.54 Å². The van der Waals surface area contributed by atoms with E-state index in [-0.39, 0.29) is 29.9 Å². The highest BCUT2D eigenvalue weighted by Crippen LogP contribution is 2.37. The van der Waals surface area contributed by atoms with Crippen LogP contribution in [0.4, 0.5) is 0 Å². The zero-order valence-electron chi connectivity index (χ0n) is 10.9. The van der Waals surface area contributed by atoms with E-state index < -0.39 is 11.4 Å². The van der Waals surface area contributed by atoms with E-state index in [0.29, 0.717) is 12.8 Å². The van der Waals surface area contributed by atoms with E-state index in [1.165, 1.54) is 16.7 Å². The summed E-state index contributed by atoms with van der Waals surface area (Å²) in [7, 11) is 0. The monoisotopic (exact) mass is 285 g/mol. The van der Waals surface area contributed by atoms with Crippen LogP contribution in [0.25, 0.3) is 0 Å². The van der Waals surface area contributed by atoms with E-state index in [1.54, 1.807) is 0 Å². The normalized spacial score (nSPS) is 24.1. The number of carbonyl (C=O) groups excluding carboxylic acids is 2. The lowest BCUT2D eigenvalue weighted by atomic mass is 9.79. The molecule has 2 aliphatic rings. The second kappa shape index (κ2) is 5.94. The van der Waals surface area contributed by atoms with Crippen molar-refractivity contribution in [2.45, 2.75) is 38.5 Å². The van der Waals surface area contributed by atoms with Gasteiger partial charge in [-0.3, -0.25) is 19.3 Å². The van der Waals surface area contributed by atoms with Crippen LogP contribution in [0.1, 0.15) is 38.5 Å². The summed E-state index contributed by atoms with van der Waals surface area (Å²) in [5.41, 5.74) is -0.927. The van der Waals surface area contributed by atoms with E-state index in [4.69, 9.17) is 0 Å². The molecule has 0 spiro atoms. The van der Waals surface area contributed by atoms with Crippen LogP contribution in [0.2, 0.25) is 0 Å². The summed E-state index contributed by atoms with van der Waals surface area (Å²) >= 11 is 1.30. The van der Waals surface area contributed by atoms with Gasteiger partial charge in [-0.1, -0.05) is 25.7 Å². The molecule has 1 N–H and O–H groups in total. The molecule has 1 aliphatic carbocycles. The molecule has 5 nitrogen and oxygen atoms in total. The van der Waals surface area contributed by atoms with Crippen molar-refractivity contribution in [1.82, 2.24) is 4.90 Å². The zero-order valence-corrected chi connectivity index (χ0v) is 11.7. The maximum Gasteiger partial charge on any atom is 0.311 e. The van der Waals surface area contributed by atoms with Crippen molar-refractivity contribution in [3.63, 3.8) is 0 Å². The molecule has 2 amide bonds. The standard InChI is InChI=1S/C13H19NO4S/c15-10-7-19-8-11(16)14(10)9-13(12(17)18)5-3-1-2-4-6-13/h1-9H2,(H,17,18). The molecule has 0 unspecified atom stereocenters. The first kappa shape index (κ1) is 14.4. The van der Waals surface area contributed by atoms with Gasteiger partial charge in [0.1, 0.15) is 0 Å². The molecule has 1 aliphatic heterocycles. The van der Waals surface area contributed by atoms with Crippen molar-refractivity contribution >= 4 is 29.5 Å². The molecule has 106 valence electrons. The van der Waals surface area contributed by atoms with Gasteiger partial charge in [-0.05, 0) is 12.8 Å². The van der Waals surface area contributed by atoms with Crippen LogP contribution < -0.4 is 0 Å². The van der Waals surface area contributed by atoms with Gasteiger partial charge in [-0.15, -0.1) is 11.8 Å². The molecule has 2 rings (SSSR count). The Morgan fingerprint density at radius 3 is 2.11 bits per heavy atom. The number of imide groups is 1. The summed E-state index contributed by atoms with van der Waals surface area (Å²) in [6, 6.07) is 0. The van der Waals surface area contributed by atoms with Gasteiger partial charge in [0.2, 0.25) is 11.8 Å². The molecule has 0 aromatic heterocycles. The fourth-order valence-electron chi connectivity index (χ4n) is 2.84. The van der Waals surface area contributed by atoms with Gasteiger partial charge in [-0.25, -0.2) is 0 Å². The fraction of sp³-hybridized carbons (Fsp3) is 0.769. The van der Waals surface area contributed by atoms with Crippen molar-refractivity contribution in [2.75, 3.05) is 18.1 Å². The second-order valence-corrected chi connectivity index (χ2v) is 6.35. The number of rotatable bonds is 3. The lowest BCUT2D eigenvalue weighted by molar-refractivity contribution is -0.155. The van der Waals surface area contributed by atoms with Crippen LogP contribution in [0.5, 0.6) is 0 Å². The Hall–Kier alpha value is -1.04. The zero-order chi connectivity index (χ0) is 13.9. The van der Waals surface area contributed by atoms with Crippen molar-refractivity contribution in [3.8, 4) is 0 Å². The smallest absolute Gasteiger partial charge is 0.311 e. The third kappa shape index (κ3) is 3.11. The maximum absolute atomic E-state index is 11.8. The third-order valence-electron chi connectivity index (χ3n) is 4.03. The van der Waals surface area contributed by atoms with Crippen molar-refractivity contribution < 1.29 is 19.5 Å². The Morgan fingerprint density at radius 1 is 1.11 bits per heavy atom. The van der Waals surface area contributed by atoms with Crippen LogP contribution in [-0.4, -0.2) is 45.8 Å². The van der Waals surface area contributed by atoms with Crippen LogP contribution in [-0.2, 0) is 14.4 Å². The summed E-state index contributed by atoms with van der Waals surface area (Å²) in [4.78, 5) is 36.5. The average molecular weight is 285 g/mol. The largest absolute Gasteiger partial charge is 0.481 e. The lowest BCUT2D eigenvalue weighted by Gasteiger charge is -2.35.